The van der Waals surface area contributed by atoms with Gasteiger partial charge in [-0.05, 0) is 38.2 Å². The zero-order valence-corrected chi connectivity index (χ0v) is 16.6. The number of rotatable bonds is 1. The Labute approximate surface area is 172 Å². The second-order valence-electron chi connectivity index (χ2n) is 7.26. The van der Waals surface area contributed by atoms with E-state index in [-0.39, 0.29) is 0 Å². The Morgan fingerprint density at radius 2 is 0.821 bits per heavy atom. The molecule has 0 N–H and O–H groups in total. The number of hydrogen-bond donors (Lipinski definition) is 0. The first-order valence-corrected chi connectivity index (χ1v) is 10.2. The average molecular weight is 422 g/mol. The summed E-state index contributed by atoms with van der Waals surface area (Å²) in [6, 6.07) is 34.2. The molecule has 0 saturated heterocycles. The van der Waals surface area contributed by atoms with Crippen LogP contribution in [0.1, 0.15) is 22.3 Å². The van der Waals surface area contributed by atoms with E-state index in [2.05, 4.69) is 113 Å². The molecule has 4 aromatic rings. The molecule has 6 rings (SSSR count). The zero-order chi connectivity index (χ0) is 18.7. The molecular weight excluding hydrogens is 406 g/mol. The molecular formula is C26H16BrN. The highest BCUT2D eigenvalue weighted by Crippen LogP contribution is 2.54. The molecule has 0 aromatic heterocycles. The van der Waals surface area contributed by atoms with Gasteiger partial charge in [0.05, 0.1) is 5.71 Å². The van der Waals surface area contributed by atoms with Gasteiger partial charge < -0.3 is 0 Å². The van der Waals surface area contributed by atoms with Gasteiger partial charge in [-0.2, -0.15) is 0 Å². The summed E-state index contributed by atoms with van der Waals surface area (Å²) in [4.78, 5) is 5.41. The number of alkyl halides is 1. The lowest BCUT2D eigenvalue weighted by molar-refractivity contribution is 0.841. The highest BCUT2D eigenvalue weighted by Gasteiger charge is 2.42. The number of aliphatic imine (C=N–C) groups is 1. The van der Waals surface area contributed by atoms with Gasteiger partial charge in [-0.1, -0.05) is 97.1 Å². The standard InChI is InChI=1S/C26H16BrN/c27-26(23-15-7-5-11-19(23)20-12-6-8-16-24(20)26)28-25-21-13-3-1-9-17(21)18-10-2-4-14-22(18)25/h1-16H. The second-order valence-corrected chi connectivity index (χ2v) is 8.41. The summed E-state index contributed by atoms with van der Waals surface area (Å²) >= 11 is 4.07. The van der Waals surface area contributed by atoms with Crippen LogP contribution in [0.2, 0.25) is 0 Å². The Hall–Kier alpha value is -2.97. The number of nitrogens with zero attached hydrogens (tertiary/aromatic N) is 1. The van der Waals surface area contributed by atoms with Crippen LogP contribution in [-0.2, 0) is 4.45 Å². The Bertz CT molecular complexity index is 1190. The van der Waals surface area contributed by atoms with E-state index in [1.807, 2.05) is 0 Å². The number of hydrogen-bond acceptors (Lipinski definition) is 1. The van der Waals surface area contributed by atoms with Gasteiger partial charge in [0.25, 0.3) is 0 Å². The molecule has 0 saturated carbocycles. The summed E-state index contributed by atoms with van der Waals surface area (Å²) < 4.78 is -0.583. The number of halogens is 1. The van der Waals surface area contributed by atoms with Crippen molar-refractivity contribution in [2.45, 2.75) is 4.45 Å². The first-order chi connectivity index (χ1) is 13.8. The van der Waals surface area contributed by atoms with Crippen LogP contribution in [0.25, 0.3) is 22.3 Å². The Balaban J connectivity index is 1.67. The minimum Gasteiger partial charge on any atom is -0.256 e. The lowest BCUT2D eigenvalue weighted by Crippen LogP contribution is -2.17. The van der Waals surface area contributed by atoms with Gasteiger partial charge in [-0.25, -0.2) is 0 Å². The molecule has 0 aliphatic heterocycles. The van der Waals surface area contributed by atoms with Gasteiger partial charge in [-0.3, -0.25) is 4.99 Å². The SMILES string of the molecule is BrC1(N=C2c3ccccc3-c3ccccc32)c2ccccc2-c2ccccc21. The third-order valence-corrected chi connectivity index (χ3v) is 6.81. The fraction of sp³-hybridized carbons (Fsp3) is 0.0385. The lowest BCUT2D eigenvalue weighted by Gasteiger charge is -2.22. The first kappa shape index (κ1) is 16.0. The zero-order valence-electron chi connectivity index (χ0n) is 15.1. The summed E-state index contributed by atoms with van der Waals surface area (Å²) in [5.74, 6) is 0. The molecule has 1 nitrogen and oxygen atoms in total. The van der Waals surface area contributed by atoms with Crippen LogP contribution in [0.4, 0.5) is 0 Å². The molecule has 0 bridgehead atoms. The smallest absolute Gasteiger partial charge is 0.167 e. The second kappa shape index (κ2) is 5.76. The summed E-state index contributed by atoms with van der Waals surface area (Å²) in [5, 5.41) is 0. The molecule has 0 atom stereocenters. The van der Waals surface area contributed by atoms with Crippen LogP contribution in [0, 0.1) is 0 Å². The van der Waals surface area contributed by atoms with Crippen LogP contribution in [0.3, 0.4) is 0 Å². The summed E-state index contributed by atoms with van der Waals surface area (Å²) in [5.41, 5.74) is 10.9. The van der Waals surface area contributed by atoms with Crippen molar-refractivity contribution >= 4 is 21.6 Å². The van der Waals surface area contributed by atoms with Gasteiger partial charge in [0.1, 0.15) is 0 Å². The third-order valence-electron chi connectivity index (χ3n) is 5.78. The van der Waals surface area contributed by atoms with Crippen LogP contribution < -0.4 is 0 Å². The highest BCUT2D eigenvalue weighted by molar-refractivity contribution is 9.09. The minimum atomic E-state index is -0.583. The van der Waals surface area contributed by atoms with Crippen LogP contribution in [0.15, 0.2) is 102 Å². The summed E-state index contributed by atoms with van der Waals surface area (Å²) in [7, 11) is 0. The maximum absolute atomic E-state index is 5.41. The van der Waals surface area contributed by atoms with E-state index in [9.17, 15) is 0 Å². The van der Waals surface area contributed by atoms with Crippen molar-refractivity contribution in [2.75, 3.05) is 0 Å². The van der Waals surface area contributed by atoms with Crippen molar-refractivity contribution < 1.29 is 0 Å². The molecule has 4 aromatic carbocycles. The molecule has 0 unspecified atom stereocenters. The van der Waals surface area contributed by atoms with E-state index < -0.39 is 4.45 Å². The maximum atomic E-state index is 5.41. The van der Waals surface area contributed by atoms with Crippen molar-refractivity contribution in [3.05, 3.63) is 119 Å². The number of benzene rings is 4. The van der Waals surface area contributed by atoms with E-state index in [0.717, 1.165) is 5.71 Å². The van der Waals surface area contributed by atoms with Gasteiger partial charge >= 0.3 is 0 Å². The predicted molar refractivity (Wildman–Crippen MR) is 119 cm³/mol. The van der Waals surface area contributed by atoms with E-state index in [4.69, 9.17) is 4.99 Å². The Morgan fingerprint density at radius 3 is 1.29 bits per heavy atom. The molecule has 132 valence electrons. The van der Waals surface area contributed by atoms with Crippen LogP contribution in [-0.4, -0.2) is 5.71 Å². The molecule has 0 spiro atoms. The minimum absolute atomic E-state index is 0.583. The Morgan fingerprint density at radius 1 is 0.464 bits per heavy atom. The first-order valence-electron chi connectivity index (χ1n) is 9.45. The van der Waals surface area contributed by atoms with E-state index in [0.29, 0.717) is 0 Å². The van der Waals surface area contributed by atoms with Gasteiger partial charge in [-0.15, -0.1) is 0 Å². The monoisotopic (exact) mass is 421 g/mol. The maximum Gasteiger partial charge on any atom is 0.167 e. The fourth-order valence-corrected chi connectivity index (χ4v) is 5.42. The average Bonchev–Trinajstić information content (AvgIpc) is 3.20. The normalized spacial score (nSPS) is 14.8. The quantitative estimate of drug-likeness (QED) is 0.209. The number of fused-ring (bicyclic) bond motifs is 6. The van der Waals surface area contributed by atoms with Crippen molar-refractivity contribution in [3.8, 4) is 22.3 Å². The summed E-state index contributed by atoms with van der Waals surface area (Å²) in [6.07, 6.45) is 0. The van der Waals surface area contributed by atoms with Gasteiger partial charge in [0, 0.05) is 22.3 Å². The molecule has 0 amide bonds. The molecule has 2 heteroatoms. The van der Waals surface area contributed by atoms with E-state index >= 15 is 0 Å². The van der Waals surface area contributed by atoms with Crippen molar-refractivity contribution in [1.29, 1.82) is 0 Å². The molecule has 0 radical (unpaired) electrons. The fourth-order valence-electron chi connectivity index (χ4n) is 4.55. The molecule has 0 fully saturated rings. The topological polar surface area (TPSA) is 12.4 Å². The Kier molecular flexibility index (Phi) is 3.30. The lowest BCUT2D eigenvalue weighted by atomic mass is 10.0. The molecule has 0 heterocycles. The van der Waals surface area contributed by atoms with Crippen molar-refractivity contribution in [3.63, 3.8) is 0 Å². The van der Waals surface area contributed by atoms with Crippen molar-refractivity contribution in [1.82, 2.24) is 0 Å². The van der Waals surface area contributed by atoms with Gasteiger partial charge in [0.2, 0.25) is 0 Å². The van der Waals surface area contributed by atoms with Gasteiger partial charge in [0.15, 0.2) is 4.45 Å². The van der Waals surface area contributed by atoms with Crippen molar-refractivity contribution in [2.24, 2.45) is 4.99 Å². The molecule has 28 heavy (non-hydrogen) atoms. The highest BCUT2D eigenvalue weighted by atomic mass is 79.9. The summed E-state index contributed by atoms with van der Waals surface area (Å²) in [6.45, 7) is 0. The van der Waals surface area contributed by atoms with Crippen LogP contribution in [0.5, 0.6) is 0 Å². The third kappa shape index (κ3) is 2.04. The largest absolute Gasteiger partial charge is 0.256 e. The van der Waals surface area contributed by atoms with E-state index in [1.54, 1.807) is 0 Å². The predicted octanol–water partition coefficient (Wildman–Crippen LogP) is 6.78. The van der Waals surface area contributed by atoms with E-state index in [1.165, 1.54) is 44.5 Å². The molecule has 2 aliphatic rings. The van der Waals surface area contributed by atoms with Crippen LogP contribution >= 0.6 is 15.9 Å². The molecule has 2 aliphatic carbocycles.